The summed E-state index contributed by atoms with van der Waals surface area (Å²) in [5.41, 5.74) is 1.54. The van der Waals surface area contributed by atoms with E-state index in [4.69, 9.17) is 0 Å². The minimum atomic E-state index is -0.287. The highest BCUT2D eigenvalue weighted by Gasteiger charge is 2.26. The smallest absolute Gasteiger partial charge is 0.223 e. The number of piperazine rings is 1. The van der Waals surface area contributed by atoms with Gasteiger partial charge in [0.25, 0.3) is 0 Å². The van der Waals surface area contributed by atoms with Gasteiger partial charge in [-0.05, 0) is 17.2 Å². The Kier molecular flexibility index (Phi) is 6.23. The zero-order chi connectivity index (χ0) is 20.9. The molecule has 30 heavy (non-hydrogen) atoms. The van der Waals surface area contributed by atoms with Crippen LogP contribution in [0.15, 0.2) is 67.0 Å². The van der Waals surface area contributed by atoms with Gasteiger partial charge >= 0.3 is 0 Å². The van der Waals surface area contributed by atoms with Crippen LogP contribution in [0.2, 0.25) is 0 Å². The van der Waals surface area contributed by atoms with Crippen LogP contribution in [0.3, 0.4) is 0 Å². The van der Waals surface area contributed by atoms with Crippen LogP contribution in [0.1, 0.15) is 29.3 Å². The number of hydrogen-bond donors (Lipinski definition) is 0. The molecule has 6 heteroatoms. The molecule has 0 N–H and O–H groups in total. The zero-order valence-electron chi connectivity index (χ0n) is 17.2. The van der Waals surface area contributed by atoms with E-state index in [0.717, 1.165) is 31.0 Å². The maximum Gasteiger partial charge on any atom is 0.223 e. The van der Waals surface area contributed by atoms with Crippen LogP contribution in [0.5, 0.6) is 0 Å². The molecule has 156 valence electrons. The Hall–Kier alpha value is -2.99. The predicted octanol–water partition coefficient (Wildman–Crippen LogP) is 3.43. The summed E-state index contributed by atoms with van der Waals surface area (Å²) in [6.07, 6.45) is 4.02. The van der Waals surface area contributed by atoms with Crippen LogP contribution in [0.4, 0.5) is 4.39 Å². The molecule has 1 amide bonds. The predicted molar refractivity (Wildman–Crippen MR) is 114 cm³/mol. The molecule has 0 bridgehead atoms. The SMILES string of the molecule is Cn1ccnc1CN1CCN(C(=O)C[C@H](c2ccccc2)c2ccccc2F)CC1. The first-order chi connectivity index (χ1) is 14.6. The first kappa shape index (κ1) is 20.3. The summed E-state index contributed by atoms with van der Waals surface area (Å²) in [7, 11) is 1.99. The number of halogens is 1. The second-order valence-electron chi connectivity index (χ2n) is 7.80. The molecule has 1 fully saturated rings. The van der Waals surface area contributed by atoms with Crippen molar-refractivity contribution in [1.29, 1.82) is 0 Å². The molecule has 0 aliphatic carbocycles. The molecule has 0 unspecified atom stereocenters. The molecule has 0 radical (unpaired) electrons. The zero-order valence-corrected chi connectivity index (χ0v) is 17.2. The van der Waals surface area contributed by atoms with E-state index in [-0.39, 0.29) is 24.1 Å². The fraction of sp³-hybridized carbons (Fsp3) is 0.333. The summed E-state index contributed by atoms with van der Waals surface area (Å²) in [4.78, 5) is 21.7. The Morgan fingerprint density at radius 2 is 1.73 bits per heavy atom. The second kappa shape index (κ2) is 9.22. The fourth-order valence-corrected chi connectivity index (χ4v) is 4.06. The molecule has 0 spiro atoms. The van der Waals surface area contributed by atoms with Crippen molar-refractivity contribution in [3.63, 3.8) is 0 Å². The first-order valence-electron chi connectivity index (χ1n) is 10.4. The molecule has 1 saturated heterocycles. The molecule has 2 heterocycles. The lowest BCUT2D eigenvalue weighted by Gasteiger charge is -2.35. The van der Waals surface area contributed by atoms with Crippen LogP contribution < -0.4 is 0 Å². The van der Waals surface area contributed by atoms with Gasteiger partial charge in [-0.1, -0.05) is 48.5 Å². The maximum absolute atomic E-state index is 14.5. The van der Waals surface area contributed by atoms with E-state index in [1.807, 2.05) is 65.3 Å². The third-order valence-electron chi connectivity index (χ3n) is 5.87. The summed E-state index contributed by atoms with van der Waals surface area (Å²) in [5.74, 6) is 0.548. The number of nitrogens with zero attached hydrogens (tertiary/aromatic N) is 4. The molecule has 0 saturated carbocycles. The molecular weight excluding hydrogens is 379 g/mol. The minimum Gasteiger partial charge on any atom is -0.340 e. The van der Waals surface area contributed by atoms with Gasteiger partial charge in [0.1, 0.15) is 11.6 Å². The van der Waals surface area contributed by atoms with Crippen molar-refractivity contribution in [3.05, 3.63) is 89.8 Å². The van der Waals surface area contributed by atoms with Gasteiger partial charge in [0.05, 0.1) is 6.54 Å². The highest BCUT2D eigenvalue weighted by atomic mass is 19.1. The molecule has 3 aromatic rings. The number of rotatable bonds is 6. The number of amides is 1. The summed E-state index contributed by atoms with van der Waals surface area (Å²) in [6.45, 7) is 3.78. The van der Waals surface area contributed by atoms with E-state index in [0.29, 0.717) is 18.7 Å². The van der Waals surface area contributed by atoms with Crippen molar-refractivity contribution in [2.45, 2.75) is 18.9 Å². The van der Waals surface area contributed by atoms with E-state index in [1.54, 1.807) is 12.1 Å². The van der Waals surface area contributed by atoms with Gasteiger partial charge in [-0.2, -0.15) is 0 Å². The van der Waals surface area contributed by atoms with Crippen molar-refractivity contribution in [1.82, 2.24) is 19.4 Å². The lowest BCUT2D eigenvalue weighted by Crippen LogP contribution is -2.48. The van der Waals surface area contributed by atoms with Crippen molar-refractivity contribution in [3.8, 4) is 0 Å². The molecule has 2 aromatic carbocycles. The largest absolute Gasteiger partial charge is 0.340 e. The van der Waals surface area contributed by atoms with Gasteiger partial charge in [0.2, 0.25) is 5.91 Å². The lowest BCUT2D eigenvalue weighted by atomic mass is 9.87. The van der Waals surface area contributed by atoms with Crippen molar-refractivity contribution in [2.75, 3.05) is 26.2 Å². The van der Waals surface area contributed by atoms with Gasteiger partial charge in [0.15, 0.2) is 0 Å². The Labute approximate surface area is 176 Å². The minimum absolute atomic E-state index is 0.0729. The molecule has 5 nitrogen and oxygen atoms in total. The van der Waals surface area contributed by atoms with E-state index in [2.05, 4.69) is 9.88 Å². The Morgan fingerprint density at radius 3 is 2.40 bits per heavy atom. The quantitative estimate of drug-likeness (QED) is 0.630. The third kappa shape index (κ3) is 4.60. The van der Waals surface area contributed by atoms with Gasteiger partial charge < -0.3 is 9.47 Å². The summed E-state index contributed by atoms with van der Waals surface area (Å²) in [5, 5.41) is 0. The third-order valence-corrected chi connectivity index (χ3v) is 5.87. The van der Waals surface area contributed by atoms with Crippen LogP contribution in [0.25, 0.3) is 0 Å². The number of benzene rings is 2. The maximum atomic E-state index is 14.5. The van der Waals surface area contributed by atoms with Gasteiger partial charge in [-0.15, -0.1) is 0 Å². The van der Waals surface area contributed by atoms with Gasteiger partial charge in [-0.3, -0.25) is 9.69 Å². The lowest BCUT2D eigenvalue weighted by molar-refractivity contribution is -0.133. The van der Waals surface area contributed by atoms with Crippen LogP contribution >= 0.6 is 0 Å². The Balaban J connectivity index is 1.42. The van der Waals surface area contributed by atoms with Gasteiger partial charge in [-0.25, -0.2) is 9.37 Å². The fourth-order valence-electron chi connectivity index (χ4n) is 4.06. The standard InChI is InChI=1S/C24H27FN4O/c1-27-12-11-26-23(27)18-28-13-15-29(16-14-28)24(30)17-21(19-7-3-2-4-8-19)20-9-5-6-10-22(20)25/h2-12,21H,13-18H2,1H3/t21-/m1/s1. The monoisotopic (exact) mass is 406 g/mol. The average molecular weight is 407 g/mol. The van der Waals surface area contributed by atoms with E-state index >= 15 is 0 Å². The first-order valence-corrected chi connectivity index (χ1v) is 10.4. The number of carbonyl (C=O) groups excluding carboxylic acids is 1. The van der Waals surface area contributed by atoms with Crippen molar-refractivity contribution < 1.29 is 9.18 Å². The number of aryl methyl sites for hydroxylation is 1. The van der Waals surface area contributed by atoms with E-state index in [1.165, 1.54) is 6.07 Å². The normalized spacial score (nSPS) is 15.9. The molecule has 1 aromatic heterocycles. The molecule has 1 aliphatic heterocycles. The van der Waals surface area contributed by atoms with Crippen LogP contribution in [0, 0.1) is 5.82 Å². The molecule has 1 atom stereocenters. The summed E-state index contributed by atoms with van der Waals surface area (Å²) < 4.78 is 16.6. The number of imidazole rings is 1. The number of aromatic nitrogens is 2. The average Bonchev–Trinajstić information content (AvgIpc) is 3.18. The topological polar surface area (TPSA) is 41.4 Å². The number of hydrogen-bond acceptors (Lipinski definition) is 3. The van der Waals surface area contributed by atoms with Crippen molar-refractivity contribution in [2.24, 2.45) is 7.05 Å². The summed E-state index contributed by atoms with van der Waals surface area (Å²) in [6, 6.07) is 16.5. The van der Waals surface area contributed by atoms with Crippen LogP contribution in [-0.4, -0.2) is 51.4 Å². The van der Waals surface area contributed by atoms with Gasteiger partial charge in [0, 0.05) is 58.0 Å². The summed E-state index contributed by atoms with van der Waals surface area (Å²) >= 11 is 0. The van der Waals surface area contributed by atoms with E-state index < -0.39 is 0 Å². The Morgan fingerprint density at radius 1 is 1.03 bits per heavy atom. The highest BCUT2D eigenvalue weighted by molar-refractivity contribution is 5.78. The molecular formula is C24H27FN4O. The molecule has 4 rings (SSSR count). The van der Waals surface area contributed by atoms with E-state index in [9.17, 15) is 9.18 Å². The molecule has 1 aliphatic rings. The van der Waals surface area contributed by atoms with Crippen molar-refractivity contribution >= 4 is 5.91 Å². The highest BCUT2D eigenvalue weighted by Crippen LogP contribution is 2.30. The van der Waals surface area contributed by atoms with Crippen LogP contribution in [-0.2, 0) is 18.4 Å². The second-order valence-corrected chi connectivity index (χ2v) is 7.80. The number of carbonyl (C=O) groups is 1. The Bertz CT molecular complexity index is 980.